The molecule has 3 N–H and O–H groups in total. The number of urea groups is 1. The fourth-order valence-electron chi connectivity index (χ4n) is 0.421. The van der Waals surface area contributed by atoms with Gasteiger partial charge in [-0.2, -0.15) is 4.62 Å². The van der Waals surface area contributed by atoms with Crippen molar-refractivity contribution in [2.45, 2.75) is 19.8 Å². The van der Waals surface area contributed by atoms with Gasteiger partial charge in [-0.15, -0.1) is 0 Å². The van der Waals surface area contributed by atoms with Crippen LogP contribution in [-0.2, 0) is 13.7 Å². The van der Waals surface area contributed by atoms with Gasteiger partial charge in [0.1, 0.15) is 0 Å². The van der Waals surface area contributed by atoms with Crippen molar-refractivity contribution in [3.63, 3.8) is 0 Å². The van der Waals surface area contributed by atoms with Gasteiger partial charge in [-0.3, -0.25) is 4.57 Å². The van der Waals surface area contributed by atoms with E-state index in [1.165, 1.54) is 0 Å². The van der Waals surface area contributed by atoms with Crippen molar-refractivity contribution >= 4 is 43.8 Å². The molecule has 0 spiro atoms. The van der Waals surface area contributed by atoms with Gasteiger partial charge >= 0.3 is 43.8 Å². The van der Waals surface area contributed by atoms with Crippen molar-refractivity contribution < 1.29 is 18.5 Å². The molecule has 0 saturated carbocycles. The molecular weight excluding hydrogens is 206 g/mol. The van der Waals surface area contributed by atoms with Gasteiger partial charge in [0.2, 0.25) is 0 Å². The Morgan fingerprint density at radius 1 is 1.62 bits per heavy atom. The number of amides is 2. The Labute approximate surface area is 99.7 Å². The van der Waals surface area contributed by atoms with Gasteiger partial charge < -0.3 is 10.3 Å². The van der Waals surface area contributed by atoms with E-state index >= 15 is 0 Å². The fraction of sp³-hybridized carbons (Fsp3) is 0.800. The van der Waals surface area contributed by atoms with Crippen molar-refractivity contribution in [1.29, 1.82) is 0 Å². The number of nitrogens with two attached hydrogens (primary N) is 1. The fourth-order valence-corrected chi connectivity index (χ4v) is 0.975. The summed E-state index contributed by atoms with van der Waals surface area (Å²) in [4.78, 5) is 10.0. The van der Waals surface area contributed by atoms with Gasteiger partial charge in [-0.1, -0.05) is 13.3 Å². The van der Waals surface area contributed by atoms with Gasteiger partial charge in [-0.25, -0.2) is 10.3 Å². The number of rotatable bonds is 6. The van der Waals surface area contributed by atoms with Crippen molar-refractivity contribution in [3.8, 4) is 0 Å². The van der Waals surface area contributed by atoms with Crippen LogP contribution >= 0.6 is 8.25 Å². The number of carbonyl (C=O) groups excluding carboxylic acids is 1. The number of hydroxylamine groups is 1. The summed E-state index contributed by atoms with van der Waals surface area (Å²) in [7, 11) is -2.62. The van der Waals surface area contributed by atoms with Gasteiger partial charge in [-0.05, 0) is 6.42 Å². The zero-order chi connectivity index (χ0) is 9.40. The van der Waals surface area contributed by atoms with Crippen LogP contribution in [0.4, 0.5) is 4.79 Å². The van der Waals surface area contributed by atoms with Crippen LogP contribution in [0.3, 0.4) is 0 Å². The number of nitrogens with one attached hydrogen (secondary N) is 1. The van der Waals surface area contributed by atoms with E-state index in [1.807, 2.05) is 6.92 Å². The third-order valence-electron chi connectivity index (χ3n) is 0.953. The predicted molar refractivity (Wildman–Crippen MR) is 50.8 cm³/mol. The molecule has 0 bridgehead atoms. The Morgan fingerprint density at radius 2 is 2.23 bits per heavy atom. The molecule has 8 heteroatoms. The van der Waals surface area contributed by atoms with Crippen molar-refractivity contribution in [1.82, 2.24) is 5.48 Å². The Balaban J connectivity index is 0. The second kappa shape index (κ2) is 10.5. The minimum atomic E-state index is -2.62. The van der Waals surface area contributed by atoms with Gasteiger partial charge in [0.05, 0.1) is 6.61 Å². The minimum absolute atomic E-state index is 0. The average Bonchev–Trinajstić information content (AvgIpc) is 2.01. The molecule has 0 aliphatic carbocycles. The Bertz CT molecular complexity index is 169. The van der Waals surface area contributed by atoms with Crippen molar-refractivity contribution in [2.24, 2.45) is 5.73 Å². The van der Waals surface area contributed by atoms with Gasteiger partial charge in [0.25, 0.3) is 0 Å². The molecule has 0 aliphatic heterocycles. The summed E-state index contributed by atoms with van der Waals surface area (Å²) in [6, 6.07) is -0.896. The number of carbonyl (C=O) groups is 1. The van der Waals surface area contributed by atoms with Crippen LogP contribution in [0.15, 0.2) is 0 Å². The quantitative estimate of drug-likeness (QED) is 0.288. The van der Waals surface area contributed by atoms with E-state index in [4.69, 9.17) is 0 Å². The van der Waals surface area contributed by atoms with Crippen LogP contribution in [0.25, 0.3) is 0 Å². The van der Waals surface area contributed by atoms with E-state index in [2.05, 4.69) is 14.9 Å². The van der Waals surface area contributed by atoms with Gasteiger partial charge in [0.15, 0.2) is 0 Å². The number of hydrogen-bond acceptors (Lipinski definition) is 4. The molecule has 0 radical (unpaired) electrons. The molecule has 0 saturated heterocycles. The maximum absolute atomic E-state index is 10.7. The topological polar surface area (TPSA) is 90.7 Å². The van der Waals surface area contributed by atoms with Crippen molar-refractivity contribution in [3.05, 3.63) is 0 Å². The molecule has 0 heterocycles. The normalized spacial score (nSPS) is 11.5. The van der Waals surface area contributed by atoms with Crippen LogP contribution in [0.5, 0.6) is 0 Å². The summed E-state index contributed by atoms with van der Waals surface area (Å²) < 4.78 is 19.6. The molecule has 0 aromatic rings. The van der Waals surface area contributed by atoms with Crippen LogP contribution < -0.4 is 11.2 Å². The summed E-state index contributed by atoms with van der Waals surface area (Å²) in [6.45, 7) is 2.33. The Kier molecular flexibility index (Phi) is 12.8. The van der Waals surface area contributed by atoms with Crippen LogP contribution in [-0.4, -0.2) is 42.2 Å². The summed E-state index contributed by atoms with van der Waals surface area (Å²) in [5.41, 5.74) is 6.36. The zero-order valence-electron chi connectivity index (χ0n) is 6.83. The first-order chi connectivity index (χ1) is 5.66. The predicted octanol–water partition coefficient (Wildman–Crippen LogP) is 0.144. The molecule has 0 rings (SSSR count). The maximum atomic E-state index is 10.7. The van der Waals surface area contributed by atoms with Crippen molar-refractivity contribution in [2.75, 3.05) is 6.61 Å². The Morgan fingerprint density at radius 3 is 2.69 bits per heavy atom. The SMILES string of the molecule is CCCCO[PH](=O)ONC(N)=O.[NaH]. The monoisotopic (exact) mass is 220 g/mol. The third kappa shape index (κ3) is 12.4. The van der Waals surface area contributed by atoms with E-state index < -0.39 is 14.3 Å². The molecule has 6 nitrogen and oxygen atoms in total. The second-order valence-corrected chi connectivity index (χ2v) is 3.01. The third-order valence-corrected chi connectivity index (χ3v) is 1.66. The standard InChI is InChI=1S/C5H13N2O4P.Na.H/c1-2-3-4-10-12(9)11-7-5(6)8;;/h12H,2-4H2,1H3,(H3,6,7,8);;. The summed E-state index contributed by atoms with van der Waals surface area (Å²) in [5.74, 6) is 0. The molecule has 74 valence electrons. The molecule has 2 amide bonds. The van der Waals surface area contributed by atoms with E-state index in [-0.39, 0.29) is 29.6 Å². The van der Waals surface area contributed by atoms with E-state index in [0.717, 1.165) is 12.8 Å². The molecule has 0 aromatic carbocycles. The molecule has 1 unspecified atom stereocenters. The first-order valence-electron chi connectivity index (χ1n) is 3.56. The van der Waals surface area contributed by atoms with Gasteiger partial charge in [0, 0.05) is 0 Å². The van der Waals surface area contributed by atoms with Crippen LogP contribution in [0.2, 0.25) is 0 Å². The summed E-state index contributed by atoms with van der Waals surface area (Å²) in [5, 5.41) is 0. The summed E-state index contributed by atoms with van der Waals surface area (Å²) in [6.07, 6.45) is 1.74. The molecule has 0 aliphatic rings. The first-order valence-corrected chi connectivity index (χ1v) is 4.78. The number of unbranched alkanes of at least 4 members (excludes halogenated alkanes) is 1. The van der Waals surface area contributed by atoms with E-state index in [0.29, 0.717) is 6.61 Å². The van der Waals surface area contributed by atoms with Crippen LogP contribution in [0, 0.1) is 0 Å². The summed E-state index contributed by atoms with van der Waals surface area (Å²) >= 11 is 0. The number of primary amides is 1. The molecular formula is C5H14N2NaO4P. The molecule has 0 aromatic heterocycles. The van der Waals surface area contributed by atoms with E-state index in [9.17, 15) is 9.36 Å². The zero-order valence-corrected chi connectivity index (χ0v) is 7.83. The second-order valence-electron chi connectivity index (χ2n) is 2.02. The number of hydrogen-bond donors (Lipinski definition) is 2. The molecule has 13 heavy (non-hydrogen) atoms. The molecule has 1 atom stereocenters. The molecule has 0 fully saturated rings. The average molecular weight is 220 g/mol. The van der Waals surface area contributed by atoms with E-state index in [1.54, 1.807) is 5.48 Å². The Hall–Kier alpha value is 0.420. The first kappa shape index (κ1) is 15.9. The van der Waals surface area contributed by atoms with Crippen LogP contribution in [0.1, 0.15) is 19.8 Å².